The molecule has 6 heteroatoms. The Morgan fingerprint density at radius 2 is 2.14 bits per heavy atom. The Balaban J connectivity index is 1.95. The fourth-order valence-corrected chi connectivity index (χ4v) is 2.66. The SMILES string of the molecule is CCCc1ncc(C(=O)Nc2ccc(OCCN)cc2)s1. The molecule has 1 aromatic heterocycles. The molecule has 0 unspecified atom stereocenters. The minimum Gasteiger partial charge on any atom is -0.492 e. The molecule has 0 saturated carbocycles. The number of aryl methyl sites for hydroxylation is 1. The third-order valence-corrected chi connectivity index (χ3v) is 3.80. The van der Waals surface area contributed by atoms with Crippen LogP contribution in [0.5, 0.6) is 5.75 Å². The van der Waals surface area contributed by atoms with Crippen LogP contribution in [-0.4, -0.2) is 24.0 Å². The summed E-state index contributed by atoms with van der Waals surface area (Å²) in [5.41, 5.74) is 6.10. The number of benzene rings is 1. The predicted octanol–water partition coefficient (Wildman–Crippen LogP) is 2.69. The van der Waals surface area contributed by atoms with Crippen molar-refractivity contribution < 1.29 is 9.53 Å². The summed E-state index contributed by atoms with van der Waals surface area (Å²) in [6, 6.07) is 7.22. The molecular formula is C15H19N3O2S. The number of anilines is 1. The highest BCUT2D eigenvalue weighted by Crippen LogP contribution is 2.19. The van der Waals surface area contributed by atoms with Crippen molar-refractivity contribution in [3.8, 4) is 5.75 Å². The minimum atomic E-state index is -0.134. The van der Waals surface area contributed by atoms with E-state index < -0.39 is 0 Å². The van der Waals surface area contributed by atoms with E-state index >= 15 is 0 Å². The number of hydrogen-bond donors (Lipinski definition) is 2. The van der Waals surface area contributed by atoms with E-state index in [4.69, 9.17) is 10.5 Å². The first-order chi connectivity index (χ1) is 10.2. The lowest BCUT2D eigenvalue weighted by atomic mass is 10.3. The largest absolute Gasteiger partial charge is 0.492 e. The molecule has 3 N–H and O–H groups in total. The number of rotatable bonds is 7. The molecule has 0 spiro atoms. The summed E-state index contributed by atoms with van der Waals surface area (Å²) in [6.45, 7) is 3.05. The van der Waals surface area contributed by atoms with Gasteiger partial charge in [0.25, 0.3) is 5.91 Å². The highest BCUT2D eigenvalue weighted by atomic mass is 32.1. The topological polar surface area (TPSA) is 77.2 Å². The second kappa shape index (κ2) is 7.75. The Labute approximate surface area is 128 Å². The molecule has 1 heterocycles. The van der Waals surface area contributed by atoms with E-state index in [0.29, 0.717) is 18.0 Å². The van der Waals surface area contributed by atoms with Crippen LogP contribution >= 0.6 is 11.3 Å². The van der Waals surface area contributed by atoms with Gasteiger partial charge >= 0.3 is 0 Å². The first-order valence-electron chi connectivity index (χ1n) is 6.92. The number of nitrogens with zero attached hydrogens (tertiary/aromatic N) is 1. The molecule has 21 heavy (non-hydrogen) atoms. The average Bonchev–Trinajstić information content (AvgIpc) is 2.96. The molecule has 5 nitrogen and oxygen atoms in total. The number of nitrogens with two attached hydrogens (primary N) is 1. The molecule has 0 radical (unpaired) electrons. The molecule has 2 aromatic rings. The maximum Gasteiger partial charge on any atom is 0.267 e. The molecule has 1 aromatic carbocycles. The maximum atomic E-state index is 12.1. The fraction of sp³-hybridized carbons (Fsp3) is 0.333. The van der Waals surface area contributed by atoms with Crippen molar-refractivity contribution in [3.05, 3.63) is 40.3 Å². The Hall–Kier alpha value is -1.92. The van der Waals surface area contributed by atoms with Crippen molar-refractivity contribution in [1.82, 2.24) is 4.98 Å². The lowest BCUT2D eigenvalue weighted by molar-refractivity contribution is 0.103. The summed E-state index contributed by atoms with van der Waals surface area (Å²) in [7, 11) is 0. The third-order valence-electron chi connectivity index (χ3n) is 2.74. The monoisotopic (exact) mass is 305 g/mol. The van der Waals surface area contributed by atoms with Crippen LogP contribution < -0.4 is 15.8 Å². The fourth-order valence-electron chi connectivity index (χ4n) is 1.75. The second-order valence-corrected chi connectivity index (χ2v) is 5.60. The molecular weight excluding hydrogens is 286 g/mol. The number of thiazole rings is 1. The zero-order valence-electron chi connectivity index (χ0n) is 12.0. The van der Waals surface area contributed by atoms with Crippen LogP contribution in [0.3, 0.4) is 0 Å². The van der Waals surface area contributed by atoms with Crippen molar-refractivity contribution in [2.45, 2.75) is 19.8 Å². The quantitative estimate of drug-likeness (QED) is 0.824. The van der Waals surface area contributed by atoms with Gasteiger partial charge in [-0.1, -0.05) is 6.92 Å². The Morgan fingerprint density at radius 3 is 2.81 bits per heavy atom. The van der Waals surface area contributed by atoms with E-state index in [2.05, 4.69) is 17.2 Å². The van der Waals surface area contributed by atoms with E-state index in [1.165, 1.54) is 11.3 Å². The molecule has 0 bridgehead atoms. The van der Waals surface area contributed by atoms with Gasteiger partial charge in [0.1, 0.15) is 17.2 Å². The predicted molar refractivity (Wildman–Crippen MR) is 85.1 cm³/mol. The number of aromatic nitrogens is 1. The van der Waals surface area contributed by atoms with Crippen molar-refractivity contribution in [1.29, 1.82) is 0 Å². The van der Waals surface area contributed by atoms with Gasteiger partial charge in [-0.2, -0.15) is 0 Å². The Kier molecular flexibility index (Phi) is 5.71. The van der Waals surface area contributed by atoms with Gasteiger partial charge in [-0.15, -0.1) is 11.3 Å². The van der Waals surface area contributed by atoms with Gasteiger partial charge in [0.2, 0.25) is 0 Å². The number of hydrogen-bond acceptors (Lipinski definition) is 5. The average molecular weight is 305 g/mol. The van der Waals surface area contributed by atoms with Crippen LogP contribution in [0.1, 0.15) is 28.0 Å². The highest BCUT2D eigenvalue weighted by molar-refractivity contribution is 7.13. The summed E-state index contributed by atoms with van der Waals surface area (Å²) in [5.74, 6) is 0.604. The molecule has 0 aliphatic rings. The summed E-state index contributed by atoms with van der Waals surface area (Å²) in [4.78, 5) is 17.0. The molecule has 0 saturated heterocycles. The summed E-state index contributed by atoms with van der Waals surface area (Å²) >= 11 is 1.44. The summed E-state index contributed by atoms with van der Waals surface area (Å²) < 4.78 is 5.38. The highest BCUT2D eigenvalue weighted by Gasteiger charge is 2.10. The second-order valence-electron chi connectivity index (χ2n) is 4.48. The van der Waals surface area contributed by atoms with Crippen LogP contribution in [0.15, 0.2) is 30.5 Å². The Morgan fingerprint density at radius 1 is 1.38 bits per heavy atom. The molecule has 2 rings (SSSR count). The molecule has 0 fully saturated rings. The molecule has 112 valence electrons. The lowest BCUT2D eigenvalue weighted by Crippen LogP contribution is -2.11. The molecule has 0 aliphatic carbocycles. The number of carbonyl (C=O) groups excluding carboxylic acids is 1. The standard InChI is InChI=1S/C15H19N3O2S/c1-2-3-14-17-10-13(21-14)15(19)18-11-4-6-12(7-5-11)20-9-8-16/h4-7,10H,2-3,8-9,16H2,1H3,(H,18,19). The third kappa shape index (κ3) is 4.54. The minimum absolute atomic E-state index is 0.134. The number of amides is 1. The smallest absolute Gasteiger partial charge is 0.267 e. The molecule has 0 aliphatic heterocycles. The van der Waals surface area contributed by atoms with Gasteiger partial charge in [0.05, 0.1) is 11.2 Å². The summed E-state index contributed by atoms with van der Waals surface area (Å²) in [5, 5.41) is 3.84. The van der Waals surface area contributed by atoms with Crippen molar-refractivity contribution >= 4 is 22.9 Å². The molecule has 1 amide bonds. The van der Waals surface area contributed by atoms with Gasteiger partial charge in [0, 0.05) is 12.2 Å². The van der Waals surface area contributed by atoms with E-state index in [1.54, 1.807) is 30.5 Å². The zero-order valence-corrected chi connectivity index (χ0v) is 12.8. The van der Waals surface area contributed by atoms with E-state index in [-0.39, 0.29) is 5.91 Å². The van der Waals surface area contributed by atoms with Crippen molar-refractivity contribution in [2.75, 3.05) is 18.5 Å². The first-order valence-corrected chi connectivity index (χ1v) is 7.73. The van der Waals surface area contributed by atoms with E-state index in [1.807, 2.05) is 0 Å². The van der Waals surface area contributed by atoms with Crippen LogP contribution in [0.25, 0.3) is 0 Å². The van der Waals surface area contributed by atoms with Gasteiger partial charge < -0.3 is 15.8 Å². The van der Waals surface area contributed by atoms with Crippen LogP contribution in [0, 0.1) is 0 Å². The number of nitrogens with one attached hydrogen (secondary N) is 1. The zero-order chi connectivity index (χ0) is 15.1. The van der Waals surface area contributed by atoms with Crippen molar-refractivity contribution in [2.24, 2.45) is 5.73 Å². The van der Waals surface area contributed by atoms with E-state index in [9.17, 15) is 4.79 Å². The summed E-state index contributed by atoms with van der Waals surface area (Å²) in [6.07, 6.45) is 3.56. The maximum absolute atomic E-state index is 12.1. The van der Waals surface area contributed by atoms with Gasteiger partial charge in [-0.05, 0) is 37.1 Å². The van der Waals surface area contributed by atoms with Gasteiger partial charge in [0.15, 0.2) is 0 Å². The van der Waals surface area contributed by atoms with E-state index in [0.717, 1.165) is 29.3 Å². The number of carbonyl (C=O) groups is 1. The molecule has 0 atom stereocenters. The number of ether oxygens (including phenoxy) is 1. The van der Waals surface area contributed by atoms with Gasteiger partial charge in [-0.25, -0.2) is 4.98 Å². The van der Waals surface area contributed by atoms with Gasteiger partial charge in [-0.3, -0.25) is 4.79 Å². The lowest BCUT2D eigenvalue weighted by Gasteiger charge is -2.06. The van der Waals surface area contributed by atoms with Crippen LogP contribution in [0.4, 0.5) is 5.69 Å². The van der Waals surface area contributed by atoms with Crippen molar-refractivity contribution in [3.63, 3.8) is 0 Å². The first kappa shape index (κ1) is 15.5. The van der Waals surface area contributed by atoms with Crippen LogP contribution in [-0.2, 0) is 6.42 Å². The Bertz CT molecular complexity index is 581. The van der Waals surface area contributed by atoms with Crippen LogP contribution in [0.2, 0.25) is 0 Å². The normalized spacial score (nSPS) is 10.4.